The van der Waals surface area contributed by atoms with Gasteiger partial charge in [0, 0.05) is 25.0 Å². The minimum atomic E-state index is -5.19. The lowest BCUT2D eigenvalue weighted by Crippen LogP contribution is -2.57. The number of allylic oxidation sites excluding steroid dienone is 2. The average Bonchev–Trinajstić information content (AvgIpc) is 3.43. The molecule has 6 nitrogen and oxygen atoms in total. The molecule has 2 rings (SSSR count). The average molecular weight is 472 g/mol. The van der Waals surface area contributed by atoms with Crippen LogP contribution in [0.3, 0.4) is 0 Å². The van der Waals surface area contributed by atoms with Crippen LogP contribution < -0.4 is 16.9 Å². The van der Waals surface area contributed by atoms with Gasteiger partial charge in [-0.05, 0) is 42.9 Å². The van der Waals surface area contributed by atoms with Gasteiger partial charge in [-0.2, -0.15) is 26.3 Å². The van der Waals surface area contributed by atoms with Crippen LogP contribution in [0, 0.1) is 5.92 Å². The largest absolute Gasteiger partial charge is 0.434 e. The van der Waals surface area contributed by atoms with Crippen LogP contribution >= 0.6 is 11.6 Å². The fourth-order valence-corrected chi connectivity index (χ4v) is 3.39. The minimum absolute atomic E-state index is 0.0534. The number of nitrogens with one attached hydrogen (secondary N) is 1. The van der Waals surface area contributed by atoms with E-state index in [-0.39, 0.29) is 17.9 Å². The number of hydrogen-bond donors (Lipinski definition) is 3. The molecular formula is C18H20ClF6N5O. The number of nitrogens with zero attached hydrogens (tertiary/aromatic N) is 2. The van der Waals surface area contributed by atoms with Gasteiger partial charge in [0.25, 0.3) is 0 Å². The summed E-state index contributed by atoms with van der Waals surface area (Å²) in [4.78, 5) is 13.6. The molecule has 0 radical (unpaired) electrons. The van der Waals surface area contributed by atoms with E-state index in [1.165, 1.54) is 6.08 Å². The molecular weight excluding hydrogens is 452 g/mol. The number of alkyl halides is 6. The second kappa shape index (κ2) is 9.05. The Labute approximate surface area is 178 Å². The quantitative estimate of drug-likeness (QED) is 0.177. The summed E-state index contributed by atoms with van der Waals surface area (Å²) in [6.07, 6.45) is -5.42. The summed E-state index contributed by atoms with van der Waals surface area (Å²) in [6.45, 7) is 0. The van der Waals surface area contributed by atoms with Crippen molar-refractivity contribution in [3.63, 3.8) is 0 Å². The first-order valence-corrected chi connectivity index (χ1v) is 9.28. The highest BCUT2D eigenvalue weighted by molar-refractivity contribution is 6.31. The SMILES string of the molecule is CN(N)/C(=C(/C=C\NC=O)CC1CC1)C(N)(c1cnc(C(F)(F)F)c(Cl)c1)C(F)(F)F. The Morgan fingerprint density at radius 3 is 2.35 bits per heavy atom. The zero-order valence-electron chi connectivity index (χ0n) is 16.2. The Hall–Kier alpha value is -2.31. The maximum absolute atomic E-state index is 14.3. The molecule has 5 N–H and O–H groups in total. The number of carbonyl (C=O) groups is 1. The number of carbonyl (C=O) groups excluding carboxylic acids is 1. The van der Waals surface area contributed by atoms with Gasteiger partial charge >= 0.3 is 12.4 Å². The summed E-state index contributed by atoms with van der Waals surface area (Å²) < 4.78 is 81.9. The van der Waals surface area contributed by atoms with Crippen molar-refractivity contribution >= 4 is 18.0 Å². The predicted octanol–water partition coefficient (Wildman–Crippen LogP) is 3.59. The highest BCUT2D eigenvalue weighted by atomic mass is 35.5. The van der Waals surface area contributed by atoms with Gasteiger partial charge < -0.3 is 16.1 Å². The summed E-state index contributed by atoms with van der Waals surface area (Å²) in [5.74, 6) is 5.81. The maximum atomic E-state index is 14.3. The standard InChI is InChI=1S/C18H20ClF6N5O/c1-30(27)15(11(4-5-28-9-31)6-10-2-3-10)16(26,18(23,24)25)12-7-13(19)14(29-8-12)17(20,21)22/h4-5,7-10H,2-3,6,26-27H2,1H3,(H,28,31)/b5-4-,15-11-. The van der Waals surface area contributed by atoms with Gasteiger partial charge in [-0.25, -0.2) is 10.8 Å². The summed E-state index contributed by atoms with van der Waals surface area (Å²) >= 11 is 5.60. The molecule has 0 saturated heterocycles. The second-order valence-electron chi connectivity index (χ2n) is 7.11. The van der Waals surface area contributed by atoms with Crippen molar-refractivity contribution in [2.45, 2.75) is 37.2 Å². The fraction of sp³-hybridized carbons (Fsp3) is 0.444. The normalized spacial score (nSPS) is 17.9. The van der Waals surface area contributed by atoms with Crippen molar-refractivity contribution in [2.75, 3.05) is 7.05 Å². The van der Waals surface area contributed by atoms with E-state index in [1.807, 2.05) is 0 Å². The van der Waals surface area contributed by atoms with Gasteiger partial charge in [-0.15, -0.1) is 0 Å². The third kappa shape index (κ3) is 5.49. The number of nitrogens with two attached hydrogens (primary N) is 2. The molecule has 13 heteroatoms. The molecule has 0 aliphatic heterocycles. The lowest BCUT2D eigenvalue weighted by Gasteiger charge is -2.39. The van der Waals surface area contributed by atoms with Crippen LogP contribution in [0.5, 0.6) is 0 Å². The summed E-state index contributed by atoms with van der Waals surface area (Å²) in [6, 6.07) is 0.483. The number of pyridine rings is 1. The lowest BCUT2D eigenvalue weighted by molar-refractivity contribution is -0.183. The van der Waals surface area contributed by atoms with E-state index in [2.05, 4.69) is 10.3 Å². The molecule has 1 unspecified atom stereocenters. The van der Waals surface area contributed by atoms with Gasteiger partial charge in [-0.1, -0.05) is 11.6 Å². The molecule has 1 saturated carbocycles. The molecule has 1 fully saturated rings. The Morgan fingerprint density at radius 1 is 1.32 bits per heavy atom. The van der Waals surface area contributed by atoms with E-state index in [9.17, 15) is 31.1 Å². The van der Waals surface area contributed by atoms with E-state index in [4.69, 9.17) is 23.2 Å². The molecule has 31 heavy (non-hydrogen) atoms. The molecule has 1 aromatic rings. The topological polar surface area (TPSA) is 97.3 Å². The Balaban J connectivity index is 2.77. The summed E-state index contributed by atoms with van der Waals surface area (Å²) in [7, 11) is 1.12. The third-order valence-electron chi connectivity index (χ3n) is 4.70. The van der Waals surface area contributed by atoms with E-state index < -0.39 is 39.9 Å². The highest BCUT2D eigenvalue weighted by Gasteiger charge is 2.58. The van der Waals surface area contributed by atoms with Gasteiger partial charge in [0.1, 0.15) is 0 Å². The summed E-state index contributed by atoms with van der Waals surface area (Å²) in [5.41, 5.74) is -0.405. The molecule has 1 heterocycles. The van der Waals surface area contributed by atoms with Crippen LogP contribution in [-0.4, -0.2) is 29.6 Å². The molecule has 0 spiro atoms. The van der Waals surface area contributed by atoms with Crippen molar-refractivity contribution in [3.05, 3.63) is 52.1 Å². The molecule has 0 bridgehead atoms. The number of rotatable bonds is 8. The van der Waals surface area contributed by atoms with Gasteiger partial charge in [-0.3, -0.25) is 4.79 Å². The number of amides is 1. The molecule has 1 aromatic heterocycles. The highest BCUT2D eigenvalue weighted by Crippen LogP contribution is 2.47. The third-order valence-corrected chi connectivity index (χ3v) is 4.98. The van der Waals surface area contributed by atoms with Crippen molar-refractivity contribution in [2.24, 2.45) is 17.5 Å². The van der Waals surface area contributed by atoms with Gasteiger partial charge in [0.05, 0.1) is 10.7 Å². The van der Waals surface area contributed by atoms with Crippen molar-refractivity contribution in [1.29, 1.82) is 0 Å². The minimum Gasteiger partial charge on any atom is -0.335 e. The Morgan fingerprint density at radius 2 is 1.94 bits per heavy atom. The molecule has 0 aromatic carbocycles. The second-order valence-corrected chi connectivity index (χ2v) is 7.52. The van der Waals surface area contributed by atoms with E-state index in [1.54, 1.807) is 0 Å². The van der Waals surface area contributed by atoms with Gasteiger partial charge in [0.15, 0.2) is 11.2 Å². The van der Waals surface area contributed by atoms with Crippen LogP contribution in [0.4, 0.5) is 26.3 Å². The Kier molecular flexibility index (Phi) is 7.28. The molecule has 1 aliphatic carbocycles. The predicted molar refractivity (Wildman–Crippen MR) is 101 cm³/mol. The Bertz CT molecular complexity index is 879. The van der Waals surface area contributed by atoms with Crippen LogP contribution in [0.2, 0.25) is 5.02 Å². The molecule has 1 amide bonds. The van der Waals surface area contributed by atoms with Gasteiger partial charge in [0.2, 0.25) is 6.41 Å². The van der Waals surface area contributed by atoms with Crippen molar-refractivity contribution < 1.29 is 31.1 Å². The van der Waals surface area contributed by atoms with E-state index >= 15 is 0 Å². The molecule has 1 atom stereocenters. The number of aromatic nitrogens is 1. The summed E-state index contributed by atoms with van der Waals surface area (Å²) in [5, 5.41) is 1.81. The lowest BCUT2D eigenvalue weighted by atomic mass is 9.83. The smallest absolute Gasteiger partial charge is 0.335 e. The number of halogens is 7. The molecule has 172 valence electrons. The maximum Gasteiger partial charge on any atom is 0.434 e. The first-order valence-electron chi connectivity index (χ1n) is 8.90. The zero-order valence-corrected chi connectivity index (χ0v) is 16.9. The number of hydrogen-bond acceptors (Lipinski definition) is 5. The number of likely N-dealkylation sites (N-methyl/N-ethyl adjacent to an activating group) is 1. The fourth-order valence-electron chi connectivity index (χ4n) is 3.12. The van der Waals surface area contributed by atoms with E-state index in [0.29, 0.717) is 23.7 Å². The first kappa shape index (κ1) is 25.0. The zero-order chi connectivity index (χ0) is 23.6. The molecule has 1 aliphatic rings. The van der Waals surface area contributed by atoms with Crippen LogP contribution in [0.25, 0.3) is 0 Å². The van der Waals surface area contributed by atoms with Crippen molar-refractivity contribution in [1.82, 2.24) is 15.3 Å². The van der Waals surface area contributed by atoms with Crippen molar-refractivity contribution in [3.8, 4) is 0 Å². The van der Waals surface area contributed by atoms with Crippen LogP contribution in [0.1, 0.15) is 30.5 Å². The van der Waals surface area contributed by atoms with Crippen LogP contribution in [0.15, 0.2) is 35.8 Å². The monoisotopic (exact) mass is 471 g/mol. The van der Waals surface area contributed by atoms with Crippen LogP contribution in [-0.2, 0) is 16.5 Å². The number of hydrazine groups is 1. The van der Waals surface area contributed by atoms with E-state index in [0.717, 1.165) is 26.1 Å². The first-order chi connectivity index (χ1) is 14.2.